The summed E-state index contributed by atoms with van der Waals surface area (Å²) in [7, 11) is -4.44. The van der Waals surface area contributed by atoms with Crippen LogP contribution in [0.3, 0.4) is 0 Å². The third kappa shape index (κ3) is 4.37. The van der Waals surface area contributed by atoms with E-state index in [9.17, 15) is 17.2 Å². The molecule has 1 fully saturated rings. The Balaban J connectivity index is 2.20. The number of sulfonamides is 1. The van der Waals surface area contributed by atoms with Gasteiger partial charge in [-0.2, -0.15) is 8.78 Å². The van der Waals surface area contributed by atoms with E-state index in [4.69, 9.17) is 4.74 Å². The first kappa shape index (κ1) is 12.8. The third-order valence-electron chi connectivity index (χ3n) is 2.07. The number of hydrogen-bond donors (Lipinski definition) is 1. The third-order valence-corrected chi connectivity index (χ3v) is 3.15. The predicted molar refractivity (Wildman–Crippen MR) is 50.2 cm³/mol. The number of nitrogens with one attached hydrogen (secondary N) is 1. The van der Waals surface area contributed by atoms with Gasteiger partial charge in [0.2, 0.25) is 0 Å². The predicted octanol–water partition coefficient (Wildman–Crippen LogP) is -0.539. The van der Waals surface area contributed by atoms with Crippen LogP contribution in [-0.2, 0) is 14.8 Å². The summed E-state index contributed by atoms with van der Waals surface area (Å²) in [5.41, 5.74) is 0. The molecule has 1 heterocycles. The largest absolute Gasteiger partial charge is 0.379 e. The SMILES string of the molecule is O=S(=O)(NCCN1CCOCC1)C(F)F. The quantitative estimate of drug-likeness (QED) is 0.705. The number of morpholine rings is 1. The summed E-state index contributed by atoms with van der Waals surface area (Å²) in [6, 6.07) is 0. The average Bonchev–Trinajstić information content (AvgIpc) is 2.19. The molecule has 0 saturated carbocycles. The Morgan fingerprint density at radius 1 is 1.33 bits per heavy atom. The van der Waals surface area contributed by atoms with Gasteiger partial charge in [-0.3, -0.25) is 4.90 Å². The summed E-state index contributed by atoms with van der Waals surface area (Å²) < 4.78 is 52.1. The van der Waals surface area contributed by atoms with E-state index in [0.29, 0.717) is 32.8 Å². The first-order chi connectivity index (χ1) is 7.02. The number of hydrogen-bond acceptors (Lipinski definition) is 4. The Morgan fingerprint density at radius 3 is 2.47 bits per heavy atom. The van der Waals surface area contributed by atoms with Gasteiger partial charge in [0, 0.05) is 26.2 Å². The van der Waals surface area contributed by atoms with E-state index in [1.807, 2.05) is 9.62 Å². The lowest BCUT2D eigenvalue weighted by Gasteiger charge is -2.26. The molecule has 0 spiro atoms. The Bertz CT molecular complexity index is 278. The molecular weight excluding hydrogens is 230 g/mol. The van der Waals surface area contributed by atoms with Crippen LogP contribution >= 0.6 is 0 Å². The van der Waals surface area contributed by atoms with Crippen LogP contribution in [-0.4, -0.2) is 58.5 Å². The molecule has 1 aliphatic heterocycles. The molecule has 0 aromatic heterocycles. The zero-order valence-electron chi connectivity index (χ0n) is 8.16. The lowest BCUT2D eigenvalue weighted by Crippen LogP contribution is -2.42. The van der Waals surface area contributed by atoms with Gasteiger partial charge in [0.1, 0.15) is 0 Å². The summed E-state index contributed by atoms with van der Waals surface area (Å²) in [5, 5.41) is 0. The molecule has 0 amide bonds. The topological polar surface area (TPSA) is 58.6 Å². The fraction of sp³-hybridized carbons (Fsp3) is 1.00. The Labute approximate surface area is 87.4 Å². The Morgan fingerprint density at radius 2 is 1.93 bits per heavy atom. The summed E-state index contributed by atoms with van der Waals surface area (Å²) in [5.74, 6) is -3.36. The van der Waals surface area contributed by atoms with E-state index in [0.717, 1.165) is 0 Å². The van der Waals surface area contributed by atoms with E-state index < -0.39 is 15.8 Å². The van der Waals surface area contributed by atoms with Crippen LogP contribution in [0.25, 0.3) is 0 Å². The van der Waals surface area contributed by atoms with Gasteiger partial charge in [-0.15, -0.1) is 0 Å². The number of alkyl halides is 2. The van der Waals surface area contributed by atoms with Gasteiger partial charge in [-0.1, -0.05) is 0 Å². The molecule has 0 unspecified atom stereocenters. The summed E-state index contributed by atoms with van der Waals surface area (Å²) in [6.07, 6.45) is 0. The summed E-state index contributed by atoms with van der Waals surface area (Å²) >= 11 is 0. The van der Waals surface area contributed by atoms with Crippen LogP contribution in [0.1, 0.15) is 0 Å². The van der Waals surface area contributed by atoms with Crippen molar-refractivity contribution in [3.8, 4) is 0 Å². The maximum Gasteiger partial charge on any atom is 0.350 e. The number of nitrogens with zero attached hydrogens (tertiary/aromatic N) is 1. The fourth-order valence-electron chi connectivity index (χ4n) is 1.23. The average molecular weight is 244 g/mol. The van der Waals surface area contributed by atoms with Crippen molar-refractivity contribution in [2.24, 2.45) is 0 Å². The van der Waals surface area contributed by atoms with Gasteiger partial charge in [0.05, 0.1) is 13.2 Å². The highest BCUT2D eigenvalue weighted by molar-refractivity contribution is 7.89. The minimum Gasteiger partial charge on any atom is -0.379 e. The van der Waals surface area contributed by atoms with Crippen LogP contribution in [0.5, 0.6) is 0 Å². The zero-order valence-corrected chi connectivity index (χ0v) is 8.97. The molecular formula is C7H14F2N2O3S. The molecule has 0 bridgehead atoms. The molecule has 0 radical (unpaired) electrons. The molecule has 8 heteroatoms. The van der Waals surface area contributed by atoms with Gasteiger partial charge < -0.3 is 4.74 Å². The van der Waals surface area contributed by atoms with Gasteiger partial charge in [0.15, 0.2) is 0 Å². The van der Waals surface area contributed by atoms with Crippen LogP contribution in [0.4, 0.5) is 8.78 Å². The molecule has 1 aliphatic rings. The number of ether oxygens (including phenoxy) is 1. The maximum atomic E-state index is 11.9. The molecule has 0 aromatic rings. The first-order valence-corrected chi connectivity index (χ1v) is 6.14. The van der Waals surface area contributed by atoms with E-state index >= 15 is 0 Å². The van der Waals surface area contributed by atoms with Crippen molar-refractivity contribution >= 4 is 10.0 Å². The van der Waals surface area contributed by atoms with Crippen LogP contribution in [0.2, 0.25) is 0 Å². The highest BCUT2D eigenvalue weighted by atomic mass is 32.2. The summed E-state index contributed by atoms with van der Waals surface area (Å²) in [4.78, 5) is 1.96. The molecule has 1 rings (SSSR count). The van der Waals surface area contributed by atoms with Crippen molar-refractivity contribution in [3.05, 3.63) is 0 Å². The maximum absolute atomic E-state index is 11.9. The van der Waals surface area contributed by atoms with Crippen molar-refractivity contribution < 1.29 is 21.9 Å². The monoisotopic (exact) mass is 244 g/mol. The van der Waals surface area contributed by atoms with E-state index in [2.05, 4.69) is 0 Å². The second-order valence-corrected chi connectivity index (χ2v) is 4.89. The Kier molecular flexibility index (Phi) is 4.84. The first-order valence-electron chi connectivity index (χ1n) is 4.59. The minimum absolute atomic E-state index is 0.00662. The van der Waals surface area contributed by atoms with E-state index in [1.165, 1.54) is 0 Å². The highest BCUT2D eigenvalue weighted by Gasteiger charge is 2.23. The fourth-order valence-corrected chi connectivity index (χ4v) is 1.74. The lowest BCUT2D eigenvalue weighted by molar-refractivity contribution is 0.0389. The molecule has 0 aliphatic carbocycles. The Hall–Kier alpha value is -0.310. The van der Waals surface area contributed by atoms with Crippen LogP contribution in [0.15, 0.2) is 0 Å². The molecule has 0 aromatic carbocycles. The molecule has 0 atom stereocenters. The molecule has 90 valence electrons. The van der Waals surface area contributed by atoms with E-state index in [1.54, 1.807) is 0 Å². The number of rotatable bonds is 5. The zero-order chi connectivity index (χ0) is 11.3. The molecule has 1 N–H and O–H groups in total. The normalized spacial score (nSPS) is 19.7. The van der Waals surface area contributed by atoms with Crippen molar-refractivity contribution in [2.45, 2.75) is 5.76 Å². The van der Waals surface area contributed by atoms with Gasteiger partial charge in [0.25, 0.3) is 10.0 Å². The summed E-state index contributed by atoms with van der Waals surface area (Å²) in [6.45, 7) is 3.04. The highest BCUT2D eigenvalue weighted by Crippen LogP contribution is 2.01. The van der Waals surface area contributed by atoms with Gasteiger partial charge in [-0.05, 0) is 0 Å². The number of halogens is 2. The van der Waals surface area contributed by atoms with Crippen molar-refractivity contribution in [1.82, 2.24) is 9.62 Å². The molecule has 1 saturated heterocycles. The van der Waals surface area contributed by atoms with Crippen molar-refractivity contribution in [2.75, 3.05) is 39.4 Å². The molecule has 15 heavy (non-hydrogen) atoms. The van der Waals surface area contributed by atoms with Gasteiger partial charge in [-0.25, -0.2) is 13.1 Å². The lowest BCUT2D eigenvalue weighted by atomic mass is 10.4. The van der Waals surface area contributed by atoms with Gasteiger partial charge >= 0.3 is 5.76 Å². The second-order valence-electron chi connectivity index (χ2n) is 3.15. The van der Waals surface area contributed by atoms with Crippen LogP contribution in [0, 0.1) is 0 Å². The van der Waals surface area contributed by atoms with Crippen molar-refractivity contribution in [1.29, 1.82) is 0 Å². The standard InChI is InChI=1S/C7H14F2N2O3S/c8-7(9)15(12,13)10-1-2-11-3-5-14-6-4-11/h7,10H,1-6H2. The van der Waals surface area contributed by atoms with Crippen molar-refractivity contribution in [3.63, 3.8) is 0 Å². The molecule has 5 nitrogen and oxygen atoms in total. The minimum atomic E-state index is -4.44. The smallest absolute Gasteiger partial charge is 0.350 e. The van der Waals surface area contributed by atoms with E-state index in [-0.39, 0.29) is 6.54 Å². The second kappa shape index (κ2) is 5.69. The van der Waals surface area contributed by atoms with Crippen LogP contribution < -0.4 is 4.72 Å².